The smallest absolute Gasteiger partial charge is 0.338 e. The van der Waals surface area contributed by atoms with Gasteiger partial charge in [-0.05, 0) is 41.5 Å². The Labute approximate surface area is 154 Å². The second-order valence-electron chi connectivity index (χ2n) is 6.06. The molecule has 4 nitrogen and oxygen atoms in total. The number of ether oxygens (including phenoxy) is 1. The van der Waals surface area contributed by atoms with Gasteiger partial charge in [-0.1, -0.05) is 42.5 Å². The number of nitrogens with one attached hydrogen (secondary N) is 1. The van der Waals surface area contributed by atoms with Crippen molar-refractivity contribution in [2.75, 3.05) is 6.61 Å². The third-order valence-corrected chi connectivity index (χ3v) is 4.16. The van der Waals surface area contributed by atoms with Crippen molar-refractivity contribution in [2.24, 2.45) is 0 Å². The number of halogens is 2. The van der Waals surface area contributed by atoms with E-state index >= 15 is 0 Å². The molecule has 0 heterocycles. The van der Waals surface area contributed by atoms with E-state index in [1.54, 1.807) is 0 Å². The van der Waals surface area contributed by atoms with E-state index < -0.39 is 30.1 Å². The van der Waals surface area contributed by atoms with Gasteiger partial charge in [0.15, 0.2) is 18.2 Å². The maximum Gasteiger partial charge on any atom is 0.338 e. The van der Waals surface area contributed by atoms with Crippen molar-refractivity contribution >= 4 is 22.6 Å². The molecule has 1 amide bonds. The third-order valence-electron chi connectivity index (χ3n) is 4.16. The summed E-state index contributed by atoms with van der Waals surface area (Å²) in [5.41, 5.74) is 0.775. The van der Waals surface area contributed by atoms with Gasteiger partial charge >= 0.3 is 5.97 Å². The molecule has 6 heteroatoms. The number of benzene rings is 3. The Hall–Kier alpha value is -3.28. The summed E-state index contributed by atoms with van der Waals surface area (Å²) in [6.45, 7) is 1.31. The standard InChI is InChI=1S/C21H17F2NO3/c1-13(16-8-4-6-14-5-2-3-7-17(14)16)24-20(25)12-27-21(26)15-9-10-18(22)19(23)11-15/h2-11,13H,12H2,1H3,(H,24,25)/t13-/m1/s1. The van der Waals surface area contributed by atoms with Crippen LogP contribution in [0.1, 0.15) is 28.9 Å². The highest BCUT2D eigenvalue weighted by Gasteiger charge is 2.15. The third kappa shape index (κ3) is 4.28. The molecule has 27 heavy (non-hydrogen) atoms. The number of amides is 1. The Bertz CT molecular complexity index is 998. The van der Waals surface area contributed by atoms with E-state index in [1.807, 2.05) is 49.4 Å². The fourth-order valence-corrected chi connectivity index (χ4v) is 2.83. The first kappa shape index (κ1) is 18.5. The zero-order valence-electron chi connectivity index (χ0n) is 14.5. The summed E-state index contributed by atoms with van der Waals surface area (Å²) < 4.78 is 30.9. The molecule has 0 radical (unpaired) electrons. The first-order valence-electron chi connectivity index (χ1n) is 8.35. The average molecular weight is 369 g/mol. The molecule has 1 atom stereocenters. The average Bonchev–Trinajstić information content (AvgIpc) is 2.67. The molecule has 3 rings (SSSR count). The highest BCUT2D eigenvalue weighted by atomic mass is 19.2. The fourth-order valence-electron chi connectivity index (χ4n) is 2.83. The van der Waals surface area contributed by atoms with E-state index in [2.05, 4.69) is 5.32 Å². The monoisotopic (exact) mass is 369 g/mol. The normalized spacial score (nSPS) is 11.8. The van der Waals surface area contributed by atoms with Crippen LogP contribution in [0, 0.1) is 11.6 Å². The predicted octanol–water partition coefficient (Wildman–Crippen LogP) is 4.15. The minimum absolute atomic E-state index is 0.163. The minimum Gasteiger partial charge on any atom is -0.452 e. The number of carbonyl (C=O) groups is 2. The number of carbonyl (C=O) groups excluding carboxylic acids is 2. The number of hydrogen-bond donors (Lipinski definition) is 1. The zero-order chi connectivity index (χ0) is 19.4. The van der Waals surface area contributed by atoms with Crippen LogP contribution in [0.25, 0.3) is 10.8 Å². The lowest BCUT2D eigenvalue weighted by Gasteiger charge is -2.16. The topological polar surface area (TPSA) is 55.4 Å². The van der Waals surface area contributed by atoms with Gasteiger partial charge < -0.3 is 10.1 Å². The van der Waals surface area contributed by atoms with E-state index in [4.69, 9.17) is 4.74 Å². The highest BCUT2D eigenvalue weighted by Crippen LogP contribution is 2.23. The Morgan fingerprint density at radius 3 is 2.52 bits per heavy atom. The molecular weight excluding hydrogens is 352 g/mol. The van der Waals surface area contributed by atoms with Crippen LogP contribution in [-0.2, 0) is 9.53 Å². The molecule has 0 unspecified atom stereocenters. The number of fused-ring (bicyclic) bond motifs is 1. The largest absolute Gasteiger partial charge is 0.452 e. The molecule has 0 aliphatic carbocycles. The van der Waals surface area contributed by atoms with E-state index in [1.165, 1.54) is 0 Å². The van der Waals surface area contributed by atoms with E-state index in [0.29, 0.717) is 0 Å². The Morgan fingerprint density at radius 2 is 1.74 bits per heavy atom. The molecule has 0 aliphatic heterocycles. The Kier molecular flexibility index (Phi) is 5.45. The van der Waals surface area contributed by atoms with Crippen molar-refractivity contribution in [3.05, 3.63) is 83.4 Å². The number of rotatable bonds is 5. The second kappa shape index (κ2) is 7.95. The Balaban J connectivity index is 1.61. The van der Waals surface area contributed by atoms with Crippen molar-refractivity contribution < 1.29 is 23.1 Å². The van der Waals surface area contributed by atoms with Gasteiger partial charge in [0, 0.05) is 0 Å². The Morgan fingerprint density at radius 1 is 1.00 bits per heavy atom. The van der Waals surface area contributed by atoms with Crippen LogP contribution >= 0.6 is 0 Å². The van der Waals surface area contributed by atoms with Gasteiger partial charge in [0.2, 0.25) is 0 Å². The van der Waals surface area contributed by atoms with E-state index in [-0.39, 0.29) is 11.6 Å². The highest BCUT2D eigenvalue weighted by molar-refractivity contribution is 5.91. The summed E-state index contributed by atoms with van der Waals surface area (Å²) in [6.07, 6.45) is 0. The molecule has 0 saturated carbocycles. The number of esters is 1. The predicted molar refractivity (Wildman–Crippen MR) is 97.1 cm³/mol. The van der Waals surface area contributed by atoms with Crippen molar-refractivity contribution in [1.29, 1.82) is 0 Å². The van der Waals surface area contributed by atoms with Crippen LogP contribution in [0.2, 0.25) is 0 Å². The van der Waals surface area contributed by atoms with Gasteiger partial charge in [0.1, 0.15) is 0 Å². The van der Waals surface area contributed by atoms with Gasteiger partial charge in [0.25, 0.3) is 5.91 Å². The van der Waals surface area contributed by atoms with Crippen molar-refractivity contribution in [1.82, 2.24) is 5.32 Å². The quantitative estimate of drug-likeness (QED) is 0.688. The molecular formula is C21H17F2NO3. The zero-order valence-corrected chi connectivity index (χ0v) is 14.5. The van der Waals surface area contributed by atoms with Gasteiger partial charge in [-0.25, -0.2) is 13.6 Å². The van der Waals surface area contributed by atoms with Crippen molar-refractivity contribution in [3.63, 3.8) is 0 Å². The van der Waals surface area contributed by atoms with Crippen LogP contribution in [0.3, 0.4) is 0 Å². The van der Waals surface area contributed by atoms with Crippen molar-refractivity contribution in [3.8, 4) is 0 Å². The van der Waals surface area contributed by atoms with Crippen molar-refractivity contribution in [2.45, 2.75) is 13.0 Å². The molecule has 138 valence electrons. The molecule has 0 bridgehead atoms. The first-order chi connectivity index (χ1) is 13.0. The van der Waals surface area contributed by atoms with Crippen LogP contribution in [0.4, 0.5) is 8.78 Å². The van der Waals surface area contributed by atoms with Gasteiger partial charge in [-0.2, -0.15) is 0 Å². The molecule has 3 aromatic rings. The summed E-state index contributed by atoms with van der Waals surface area (Å²) in [5.74, 6) is -3.61. The van der Waals surface area contributed by atoms with Gasteiger partial charge in [-0.15, -0.1) is 0 Å². The fraction of sp³-hybridized carbons (Fsp3) is 0.143. The summed E-state index contributed by atoms with van der Waals surface area (Å²) in [5, 5.41) is 4.84. The molecule has 0 spiro atoms. The van der Waals surface area contributed by atoms with Gasteiger partial charge in [0.05, 0.1) is 11.6 Å². The number of hydrogen-bond acceptors (Lipinski definition) is 3. The summed E-state index contributed by atoms with van der Waals surface area (Å²) in [4.78, 5) is 23.9. The van der Waals surface area contributed by atoms with Crippen LogP contribution < -0.4 is 5.32 Å². The summed E-state index contributed by atoms with van der Waals surface area (Å²) >= 11 is 0. The summed E-state index contributed by atoms with van der Waals surface area (Å²) in [7, 11) is 0. The lowest BCUT2D eigenvalue weighted by Crippen LogP contribution is -2.31. The molecule has 0 aliphatic rings. The maximum absolute atomic E-state index is 13.2. The molecule has 0 aromatic heterocycles. The SMILES string of the molecule is C[C@@H](NC(=O)COC(=O)c1ccc(F)c(F)c1)c1cccc2ccccc12. The van der Waals surface area contributed by atoms with Crippen LogP contribution in [0.15, 0.2) is 60.7 Å². The lowest BCUT2D eigenvalue weighted by atomic mass is 10.00. The van der Waals surface area contributed by atoms with Crippen LogP contribution in [0.5, 0.6) is 0 Å². The van der Waals surface area contributed by atoms with Gasteiger partial charge in [-0.3, -0.25) is 4.79 Å². The van der Waals surface area contributed by atoms with Crippen LogP contribution in [-0.4, -0.2) is 18.5 Å². The summed E-state index contributed by atoms with van der Waals surface area (Å²) in [6, 6.07) is 16.0. The molecule has 0 saturated heterocycles. The lowest BCUT2D eigenvalue weighted by molar-refractivity contribution is -0.124. The molecule has 0 fully saturated rings. The minimum atomic E-state index is -1.15. The van der Waals surface area contributed by atoms with E-state index in [9.17, 15) is 18.4 Å². The second-order valence-corrected chi connectivity index (χ2v) is 6.06. The molecule has 1 N–H and O–H groups in total. The first-order valence-corrected chi connectivity index (χ1v) is 8.35. The molecule has 3 aromatic carbocycles. The maximum atomic E-state index is 13.2. The van der Waals surface area contributed by atoms with E-state index in [0.717, 1.165) is 34.5 Å².